The zero-order chi connectivity index (χ0) is 12.3. The van der Waals surface area contributed by atoms with E-state index in [9.17, 15) is 17.2 Å². The van der Waals surface area contributed by atoms with Crippen molar-refractivity contribution >= 4 is 10.0 Å². The molecule has 1 N–H and O–H groups in total. The quantitative estimate of drug-likeness (QED) is 0.887. The number of halogens is 2. The molecule has 0 radical (unpaired) electrons. The molecule has 0 aliphatic rings. The Morgan fingerprint density at radius 3 is 2.44 bits per heavy atom. The van der Waals surface area contributed by atoms with Gasteiger partial charge >= 0.3 is 0 Å². The molecule has 6 heteroatoms. The third-order valence-electron chi connectivity index (χ3n) is 2.17. The summed E-state index contributed by atoms with van der Waals surface area (Å²) in [6.45, 7) is 3.51. The van der Waals surface area contributed by atoms with Gasteiger partial charge in [0.2, 0.25) is 10.0 Å². The van der Waals surface area contributed by atoms with Crippen LogP contribution in [0.15, 0.2) is 23.1 Å². The Morgan fingerprint density at radius 1 is 1.31 bits per heavy atom. The lowest BCUT2D eigenvalue weighted by Crippen LogP contribution is -2.32. The van der Waals surface area contributed by atoms with Gasteiger partial charge in [0.15, 0.2) is 11.6 Å². The Labute approximate surface area is 93.5 Å². The maximum absolute atomic E-state index is 12.9. The normalized spacial score (nSPS) is 13.8. The molecule has 0 unspecified atom stereocenters. The summed E-state index contributed by atoms with van der Waals surface area (Å²) in [5.41, 5.74) is 0. The van der Waals surface area contributed by atoms with Crippen molar-refractivity contribution in [1.29, 1.82) is 0 Å². The van der Waals surface area contributed by atoms with E-state index in [-0.39, 0.29) is 10.9 Å². The second-order valence-corrected chi connectivity index (χ2v) is 5.22. The minimum Gasteiger partial charge on any atom is -0.208 e. The van der Waals surface area contributed by atoms with Crippen molar-refractivity contribution in [2.45, 2.75) is 31.2 Å². The van der Waals surface area contributed by atoms with E-state index in [1.54, 1.807) is 6.92 Å². The van der Waals surface area contributed by atoms with Crippen LogP contribution >= 0.6 is 0 Å². The van der Waals surface area contributed by atoms with Crippen LogP contribution in [-0.2, 0) is 10.0 Å². The second-order valence-electron chi connectivity index (χ2n) is 3.51. The summed E-state index contributed by atoms with van der Waals surface area (Å²) in [5.74, 6) is -2.24. The number of hydrogen-bond acceptors (Lipinski definition) is 2. The molecular weight excluding hydrogens is 236 g/mol. The largest absolute Gasteiger partial charge is 0.240 e. The van der Waals surface area contributed by atoms with Gasteiger partial charge < -0.3 is 0 Å². The zero-order valence-corrected chi connectivity index (χ0v) is 9.81. The van der Waals surface area contributed by atoms with Gasteiger partial charge in [-0.15, -0.1) is 0 Å². The van der Waals surface area contributed by atoms with E-state index in [1.807, 2.05) is 6.92 Å². The summed E-state index contributed by atoms with van der Waals surface area (Å²) < 4.78 is 51.2. The average molecular weight is 249 g/mol. The highest BCUT2D eigenvalue weighted by Gasteiger charge is 2.18. The standard InChI is InChI=1S/C10H13F2NO2S/c1-3-7(2)13-16(14,15)8-4-5-9(11)10(12)6-8/h4-7,13H,3H2,1-2H3/t7-/m0/s1. The fourth-order valence-electron chi connectivity index (χ4n) is 1.06. The molecular formula is C10H13F2NO2S. The van der Waals surface area contributed by atoms with E-state index in [0.29, 0.717) is 12.5 Å². The first-order valence-electron chi connectivity index (χ1n) is 4.84. The van der Waals surface area contributed by atoms with Gasteiger partial charge in [0.05, 0.1) is 4.90 Å². The first kappa shape index (κ1) is 13.1. The van der Waals surface area contributed by atoms with E-state index in [2.05, 4.69) is 4.72 Å². The van der Waals surface area contributed by atoms with Crippen LogP contribution in [0.3, 0.4) is 0 Å². The predicted molar refractivity (Wildman–Crippen MR) is 56.4 cm³/mol. The third kappa shape index (κ3) is 2.99. The molecule has 0 amide bonds. The number of hydrogen-bond donors (Lipinski definition) is 1. The van der Waals surface area contributed by atoms with E-state index in [4.69, 9.17) is 0 Å². The molecule has 1 atom stereocenters. The Balaban J connectivity index is 3.03. The number of benzene rings is 1. The van der Waals surface area contributed by atoms with Gasteiger partial charge in [-0.3, -0.25) is 0 Å². The first-order valence-corrected chi connectivity index (χ1v) is 6.32. The molecule has 0 fully saturated rings. The van der Waals surface area contributed by atoms with Crippen LogP contribution < -0.4 is 4.72 Å². The van der Waals surface area contributed by atoms with Crippen LogP contribution in [0, 0.1) is 11.6 Å². The highest BCUT2D eigenvalue weighted by atomic mass is 32.2. The highest BCUT2D eigenvalue weighted by molar-refractivity contribution is 7.89. The molecule has 1 rings (SSSR count). The topological polar surface area (TPSA) is 46.2 Å². The highest BCUT2D eigenvalue weighted by Crippen LogP contribution is 2.14. The monoisotopic (exact) mass is 249 g/mol. The van der Waals surface area contributed by atoms with Crippen molar-refractivity contribution in [3.05, 3.63) is 29.8 Å². The van der Waals surface area contributed by atoms with Crippen molar-refractivity contribution in [3.63, 3.8) is 0 Å². The molecule has 0 saturated heterocycles. The Kier molecular flexibility index (Phi) is 3.98. The van der Waals surface area contributed by atoms with Crippen LogP contribution in [0.1, 0.15) is 20.3 Å². The summed E-state index contributed by atoms with van der Waals surface area (Å²) >= 11 is 0. The van der Waals surface area contributed by atoms with Gasteiger partial charge in [-0.2, -0.15) is 0 Å². The summed E-state index contributed by atoms with van der Waals surface area (Å²) in [6, 6.07) is 2.24. The minimum absolute atomic E-state index is 0.252. The molecule has 0 aromatic heterocycles. The maximum atomic E-state index is 12.9. The molecule has 1 aromatic rings. The number of rotatable bonds is 4. The van der Waals surface area contributed by atoms with Crippen LogP contribution in [0.4, 0.5) is 8.78 Å². The second kappa shape index (κ2) is 4.88. The predicted octanol–water partition coefficient (Wildman–Crippen LogP) is 2.04. The fourth-order valence-corrected chi connectivity index (χ4v) is 2.40. The Bertz CT molecular complexity index is 474. The van der Waals surface area contributed by atoms with Crippen LogP contribution in [-0.4, -0.2) is 14.5 Å². The minimum atomic E-state index is -3.77. The smallest absolute Gasteiger partial charge is 0.208 e. The van der Waals surface area contributed by atoms with Gasteiger partial charge in [-0.1, -0.05) is 6.92 Å². The third-order valence-corrected chi connectivity index (χ3v) is 3.76. The van der Waals surface area contributed by atoms with Gasteiger partial charge in [-0.25, -0.2) is 21.9 Å². The summed E-state index contributed by atoms with van der Waals surface area (Å²) in [7, 11) is -3.77. The first-order chi connectivity index (χ1) is 7.36. The molecule has 90 valence electrons. The van der Waals surface area contributed by atoms with Crippen LogP contribution in [0.25, 0.3) is 0 Å². The molecule has 1 aromatic carbocycles. The van der Waals surface area contributed by atoms with Gasteiger partial charge in [0.1, 0.15) is 0 Å². The Hall–Kier alpha value is -1.01. The molecule has 16 heavy (non-hydrogen) atoms. The summed E-state index contributed by atoms with van der Waals surface area (Å²) in [4.78, 5) is -0.272. The SMILES string of the molecule is CC[C@H](C)NS(=O)(=O)c1ccc(F)c(F)c1. The van der Waals surface area contributed by atoms with E-state index >= 15 is 0 Å². The van der Waals surface area contributed by atoms with Crippen LogP contribution in [0.5, 0.6) is 0 Å². The van der Waals surface area contributed by atoms with Crippen LogP contribution in [0.2, 0.25) is 0 Å². The molecule has 0 heterocycles. The lowest BCUT2D eigenvalue weighted by atomic mass is 10.3. The van der Waals surface area contributed by atoms with Crippen molar-refractivity contribution in [2.75, 3.05) is 0 Å². The maximum Gasteiger partial charge on any atom is 0.240 e. The van der Waals surface area contributed by atoms with E-state index < -0.39 is 21.7 Å². The lowest BCUT2D eigenvalue weighted by molar-refractivity contribution is 0.503. The van der Waals surface area contributed by atoms with Crippen molar-refractivity contribution < 1.29 is 17.2 Å². The summed E-state index contributed by atoms with van der Waals surface area (Å²) in [5, 5.41) is 0. The molecule has 0 aliphatic carbocycles. The van der Waals surface area contributed by atoms with Gasteiger partial charge in [0.25, 0.3) is 0 Å². The molecule has 3 nitrogen and oxygen atoms in total. The van der Waals surface area contributed by atoms with E-state index in [0.717, 1.165) is 12.1 Å². The molecule has 0 spiro atoms. The lowest BCUT2D eigenvalue weighted by Gasteiger charge is -2.11. The number of sulfonamides is 1. The molecule has 0 aliphatic heterocycles. The molecule has 0 saturated carbocycles. The van der Waals surface area contributed by atoms with Crippen molar-refractivity contribution in [1.82, 2.24) is 4.72 Å². The number of nitrogens with one attached hydrogen (secondary N) is 1. The van der Waals surface area contributed by atoms with Gasteiger partial charge in [0, 0.05) is 6.04 Å². The van der Waals surface area contributed by atoms with Crippen molar-refractivity contribution in [2.24, 2.45) is 0 Å². The molecule has 0 bridgehead atoms. The zero-order valence-electron chi connectivity index (χ0n) is 9.00. The fraction of sp³-hybridized carbons (Fsp3) is 0.400. The van der Waals surface area contributed by atoms with Gasteiger partial charge in [-0.05, 0) is 31.5 Å². The Morgan fingerprint density at radius 2 is 1.94 bits per heavy atom. The average Bonchev–Trinajstić information content (AvgIpc) is 2.21. The van der Waals surface area contributed by atoms with Crippen molar-refractivity contribution in [3.8, 4) is 0 Å². The van der Waals surface area contributed by atoms with E-state index in [1.165, 1.54) is 0 Å². The summed E-state index contributed by atoms with van der Waals surface area (Å²) in [6.07, 6.45) is 0.614.